The van der Waals surface area contributed by atoms with Gasteiger partial charge < -0.3 is 0 Å². The summed E-state index contributed by atoms with van der Waals surface area (Å²) in [5, 5.41) is 5.23. The Hall–Kier alpha value is -0.290. The number of hydrogen-bond acceptors (Lipinski definition) is 4. The highest BCUT2D eigenvalue weighted by molar-refractivity contribution is 8.00. The van der Waals surface area contributed by atoms with Crippen LogP contribution in [-0.2, 0) is 0 Å². The van der Waals surface area contributed by atoms with Gasteiger partial charge in [0, 0.05) is 30.0 Å². The van der Waals surface area contributed by atoms with E-state index in [1.54, 1.807) is 14.6 Å². The highest BCUT2D eigenvalue weighted by Crippen LogP contribution is 2.60. The average molecular weight is 337 g/mol. The van der Waals surface area contributed by atoms with Gasteiger partial charge in [0.2, 0.25) is 0 Å². The van der Waals surface area contributed by atoms with Crippen LogP contribution in [0, 0.1) is 20.8 Å². The third-order valence-electron chi connectivity index (χ3n) is 4.16. The molecular weight excluding hydrogens is 320 g/mol. The van der Waals surface area contributed by atoms with Crippen LogP contribution >= 0.6 is 45.8 Å². The van der Waals surface area contributed by atoms with Crippen molar-refractivity contribution in [1.29, 1.82) is 0 Å². The molecule has 1 aliphatic heterocycles. The van der Waals surface area contributed by atoms with Gasteiger partial charge in [-0.1, -0.05) is 6.92 Å². The summed E-state index contributed by atoms with van der Waals surface area (Å²) in [5.74, 6) is 0.653. The Kier molecular flexibility index (Phi) is 3.08. The highest BCUT2D eigenvalue weighted by Gasteiger charge is 2.36. The van der Waals surface area contributed by atoms with Crippen LogP contribution in [0.1, 0.15) is 44.5 Å². The SMILES string of the molecule is Cc1csc2c1SC(c1sc3c(C)csc3c1C)C2C. The van der Waals surface area contributed by atoms with Gasteiger partial charge in [-0.25, -0.2) is 0 Å². The maximum absolute atomic E-state index is 2.40. The van der Waals surface area contributed by atoms with Crippen LogP contribution in [0.4, 0.5) is 0 Å². The van der Waals surface area contributed by atoms with E-state index in [9.17, 15) is 0 Å². The molecule has 0 N–H and O–H groups in total. The zero-order chi connectivity index (χ0) is 14.0. The van der Waals surface area contributed by atoms with E-state index >= 15 is 0 Å². The molecule has 0 amide bonds. The Bertz CT molecular complexity index is 802. The van der Waals surface area contributed by atoms with Crippen LogP contribution in [0.2, 0.25) is 0 Å². The number of hydrogen-bond donors (Lipinski definition) is 0. The van der Waals surface area contributed by atoms with Crippen molar-refractivity contribution in [3.63, 3.8) is 0 Å². The van der Waals surface area contributed by atoms with Gasteiger partial charge in [0.05, 0.1) is 5.25 Å². The van der Waals surface area contributed by atoms with E-state index in [0.717, 1.165) is 0 Å². The van der Waals surface area contributed by atoms with Crippen molar-refractivity contribution in [2.24, 2.45) is 0 Å². The first-order valence-electron chi connectivity index (χ1n) is 6.79. The second kappa shape index (κ2) is 4.60. The van der Waals surface area contributed by atoms with Gasteiger partial charge in [-0.15, -0.1) is 45.8 Å². The first kappa shape index (κ1) is 13.4. The minimum absolute atomic E-state index is 0.625. The normalized spacial score (nSPS) is 21.8. The molecule has 4 heteroatoms. The van der Waals surface area contributed by atoms with Crippen molar-refractivity contribution < 1.29 is 0 Å². The number of rotatable bonds is 1. The third-order valence-corrected chi connectivity index (χ3v) is 10.3. The van der Waals surface area contributed by atoms with Crippen LogP contribution in [0.3, 0.4) is 0 Å². The number of thiophene rings is 3. The van der Waals surface area contributed by atoms with Crippen LogP contribution in [0.15, 0.2) is 15.7 Å². The zero-order valence-electron chi connectivity index (χ0n) is 11.9. The lowest BCUT2D eigenvalue weighted by Crippen LogP contribution is -1.97. The molecule has 0 spiro atoms. The van der Waals surface area contributed by atoms with Gasteiger partial charge in [-0.05, 0) is 48.2 Å². The van der Waals surface area contributed by atoms with E-state index in [1.807, 2.05) is 34.0 Å². The molecule has 0 saturated carbocycles. The van der Waals surface area contributed by atoms with Crippen molar-refractivity contribution in [1.82, 2.24) is 0 Å². The summed E-state index contributed by atoms with van der Waals surface area (Å²) in [6.07, 6.45) is 0. The quantitative estimate of drug-likeness (QED) is 0.465. The Labute approximate surface area is 135 Å². The fourth-order valence-corrected chi connectivity index (χ4v) is 8.79. The van der Waals surface area contributed by atoms with Gasteiger partial charge in [-0.2, -0.15) is 0 Å². The van der Waals surface area contributed by atoms with Gasteiger partial charge >= 0.3 is 0 Å². The molecular formula is C16H16S4. The molecule has 3 aromatic heterocycles. The summed E-state index contributed by atoms with van der Waals surface area (Å²) >= 11 is 7.99. The molecule has 4 heterocycles. The van der Waals surface area contributed by atoms with Gasteiger partial charge in [-0.3, -0.25) is 0 Å². The molecule has 0 saturated heterocycles. The largest absolute Gasteiger partial charge is 0.147 e. The predicted octanol–water partition coefficient (Wildman–Crippen LogP) is 6.90. The Morgan fingerprint density at radius 1 is 0.900 bits per heavy atom. The molecule has 104 valence electrons. The van der Waals surface area contributed by atoms with Crippen molar-refractivity contribution in [3.05, 3.63) is 37.2 Å². The zero-order valence-corrected chi connectivity index (χ0v) is 15.2. The summed E-state index contributed by atoms with van der Waals surface area (Å²) in [7, 11) is 0. The smallest absolute Gasteiger partial charge is 0.0516 e. The van der Waals surface area contributed by atoms with Crippen LogP contribution in [-0.4, -0.2) is 0 Å². The lowest BCUT2D eigenvalue weighted by molar-refractivity contribution is 0.775. The van der Waals surface area contributed by atoms with E-state index in [0.29, 0.717) is 11.2 Å². The van der Waals surface area contributed by atoms with Crippen molar-refractivity contribution in [3.8, 4) is 0 Å². The summed E-state index contributed by atoms with van der Waals surface area (Å²) in [6, 6.07) is 0. The molecule has 1 aliphatic rings. The molecule has 4 rings (SSSR count). The summed E-state index contributed by atoms with van der Waals surface area (Å²) in [4.78, 5) is 4.76. The van der Waals surface area contributed by atoms with Gasteiger partial charge in [0.25, 0.3) is 0 Å². The van der Waals surface area contributed by atoms with E-state index in [2.05, 4.69) is 50.2 Å². The van der Waals surface area contributed by atoms with Crippen LogP contribution in [0.25, 0.3) is 9.40 Å². The molecule has 0 bridgehead atoms. The second-order valence-electron chi connectivity index (χ2n) is 5.61. The minimum Gasteiger partial charge on any atom is -0.147 e. The Balaban J connectivity index is 1.83. The fourth-order valence-electron chi connectivity index (χ4n) is 2.95. The highest BCUT2D eigenvalue weighted by atomic mass is 32.2. The van der Waals surface area contributed by atoms with E-state index in [-0.39, 0.29) is 0 Å². The predicted molar refractivity (Wildman–Crippen MR) is 95.2 cm³/mol. The van der Waals surface area contributed by atoms with Crippen LogP contribution in [0.5, 0.6) is 0 Å². The molecule has 0 radical (unpaired) electrons. The number of thioether (sulfide) groups is 1. The van der Waals surface area contributed by atoms with E-state index < -0.39 is 0 Å². The van der Waals surface area contributed by atoms with Crippen molar-refractivity contribution >= 4 is 55.2 Å². The van der Waals surface area contributed by atoms with Crippen molar-refractivity contribution in [2.45, 2.75) is 43.8 Å². The summed E-state index contributed by atoms with van der Waals surface area (Å²) in [5.41, 5.74) is 4.45. The van der Waals surface area contributed by atoms with E-state index in [1.165, 1.54) is 26.1 Å². The fraction of sp³-hybridized carbons (Fsp3) is 0.375. The standard InChI is InChI=1S/C16H16S4/c1-7-5-17-13-9(3)15(19-11(7)13)16-10(4)14-12(20-16)8(2)6-18-14/h5-6,9,15H,1-4H3. The molecule has 3 aromatic rings. The second-order valence-corrected chi connectivity index (χ2v) is 9.60. The van der Waals surface area contributed by atoms with Crippen molar-refractivity contribution in [2.75, 3.05) is 0 Å². The third kappa shape index (κ3) is 1.71. The Morgan fingerprint density at radius 3 is 2.35 bits per heavy atom. The number of fused-ring (bicyclic) bond motifs is 2. The van der Waals surface area contributed by atoms with Gasteiger partial charge in [0.15, 0.2) is 0 Å². The van der Waals surface area contributed by atoms with Crippen LogP contribution < -0.4 is 0 Å². The first-order chi connectivity index (χ1) is 9.58. The summed E-state index contributed by atoms with van der Waals surface area (Å²) < 4.78 is 3.03. The summed E-state index contributed by atoms with van der Waals surface area (Å²) in [6.45, 7) is 9.21. The molecule has 2 atom stereocenters. The molecule has 20 heavy (non-hydrogen) atoms. The van der Waals surface area contributed by atoms with E-state index in [4.69, 9.17) is 0 Å². The first-order valence-corrected chi connectivity index (χ1v) is 10.2. The van der Waals surface area contributed by atoms with Gasteiger partial charge in [0.1, 0.15) is 0 Å². The topological polar surface area (TPSA) is 0 Å². The maximum Gasteiger partial charge on any atom is 0.0516 e. The molecule has 2 unspecified atom stereocenters. The maximum atomic E-state index is 2.40. The molecule has 0 nitrogen and oxygen atoms in total. The monoisotopic (exact) mass is 336 g/mol. The Morgan fingerprint density at radius 2 is 1.65 bits per heavy atom. The number of aryl methyl sites for hydroxylation is 3. The average Bonchev–Trinajstić information content (AvgIpc) is 3.11. The molecule has 0 aromatic carbocycles. The molecule has 0 aliphatic carbocycles. The molecule has 0 fully saturated rings. The minimum atomic E-state index is 0.625. The lowest BCUT2D eigenvalue weighted by atomic mass is 10.0. The lowest BCUT2D eigenvalue weighted by Gasteiger charge is -2.14.